The zero-order valence-electron chi connectivity index (χ0n) is 15.4. The molecule has 0 unspecified atom stereocenters. The molecule has 0 aliphatic carbocycles. The van der Waals surface area contributed by atoms with E-state index in [4.69, 9.17) is 0 Å². The van der Waals surface area contributed by atoms with Crippen LogP contribution in [0.5, 0.6) is 0 Å². The minimum Gasteiger partial charge on any atom is -0.334 e. The highest BCUT2D eigenvalue weighted by Gasteiger charge is 2.30. The molecule has 2 aromatic rings. The van der Waals surface area contributed by atoms with Gasteiger partial charge in [-0.2, -0.15) is 0 Å². The molecule has 1 N–H and O–H groups in total. The van der Waals surface area contributed by atoms with Crippen molar-refractivity contribution in [3.8, 4) is 0 Å². The number of carbonyl (C=O) groups is 1. The fourth-order valence-corrected chi connectivity index (χ4v) is 4.61. The van der Waals surface area contributed by atoms with Gasteiger partial charge < -0.3 is 4.90 Å². The lowest BCUT2D eigenvalue weighted by Crippen LogP contribution is -2.31. The molecule has 0 radical (unpaired) electrons. The van der Waals surface area contributed by atoms with Crippen LogP contribution in [0.2, 0.25) is 0 Å². The van der Waals surface area contributed by atoms with Crippen LogP contribution in [-0.4, -0.2) is 38.2 Å². The van der Waals surface area contributed by atoms with Crippen LogP contribution in [0, 0.1) is 5.82 Å². The van der Waals surface area contributed by atoms with Crippen LogP contribution in [0.15, 0.2) is 69.5 Å². The van der Waals surface area contributed by atoms with Crippen molar-refractivity contribution in [2.24, 2.45) is 4.99 Å². The van der Waals surface area contributed by atoms with Crippen molar-refractivity contribution in [2.75, 3.05) is 13.1 Å². The molecular formula is C20H19BrFN3O3S. The summed E-state index contributed by atoms with van der Waals surface area (Å²) in [6.45, 7) is 4.10. The maximum absolute atomic E-state index is 14.0. The number of benzene rings is 2. The number of hydrogen-bond acceptors (Lipinski definition) is 4. The maximum Gasteiger partial charge on any atom is 0.263 e. The molecule has 0 fully saturated rings. The lowest BCUT2D eigenvalue weighted by atomic mass is 10.2. The number of hydrogen-bond donors (Lipinski definition) is 1. The number of fused-ring (bicyclic) bond motifs is 1. The van der Waals surface area contributed by atoms with E-state index in [1.807, 2.05) is 0 Å². The third-order valence-electron chi connectivity index (χ3n) is 4.33. The fourth-order valence-electron chi connectivity index (χ4n) is 2.95. The van der Waals surface area contributed by atoms with Gasteiger partial charge in [-0.25, -0.2) is 12.8 Å². The predicted octanol–water partition coefficient (Wildman–Crippen LogP) is 3.23. The van der Waals surface area contributed by atoms with Gasteiger partial charge in [0.2, 0.25) is 5.91 Å². The minimum atomic E-state index is -3.62. The van der Waals surface area contributed by atoms with Gasteiger partial charge >= 0.3 is 0 Å². The van der Waals surface area contributed by atoms with Gasteiger partial charge in [-0.3, -0.25) is 14.5 Å². The Morgan fingerprint density at radius 1 is 1.28 bits per heavy atom. The SMILES string of the molecule is C=CCN(Cc1cc(Br)ccc1F)C(=O)CCN=C1NS(=O)(=O)c2ccccc21. The number of aliphatic imine (C=N–C) groups is 1. The Balaban J connectivity index is 1.69. The smallest absolute Gasteiger partial charge is 0.263 e. The average Bonchev–Trinajstić information content (AvgIpc) is 2.95. The van der Waals surface area contributed by atoms with Crippen LogP contribution in [0.4, 0.5) is 4.39 Å². The van der Waals surface area contributed by atoms with Gasteiger partial charge in [0.15, 0.2) is 0 Å². The molecule has 0 saturated carbocycles. The van der Waals surface area contributed by atoms with Gasteiger partial charge in [0.05, 0.1) is 11.4 Å². The summed E-state index contributed by atoms with van der Waals surface area (Å²) in [6, 6.07) is 11.1. The van der Waals surface area contributed by atoms with Gasteiger partial charge in [0.25, 0.3) is 10.0 Å². The van der Waals surface area contributed by atoms with E-state index in [0.717, 1.165) is 4.47 Å². The average molecular weight is 480 g/mol. The van der Waals surface area contributed by atoms with Gasteiger partial charge in [0, 0.05) is 35.1 Å². The molecule has 2 aromatic carbocycles. The molecule has 9 heteroatoms. The molecule has 1 aliphatic heterocycles. The molecule has 1 heterocycles. The summed E-state index contributed by atoms with van der Waals surface area (Å²) in [6.07, 6.45) is 1.62. The number of nitrogens with one attached hydrogen (secondary N) is 1. The van der Waals surface area contributed by atoms with Crippen molar-refractivity contribution >= 4 is 37.7 Å². The fraction of sp³-hybridized carbons (Fsp3) is 0.200. The van der Waals surface area contributed by atoms with E-state index in [0.29, 0.717) is 11.1 Å². The molecule has 6 nitrogen and oxygen atoms in total. The van der Waals surface area contributed by atoms with Crippen LogP contribution in [-0.2, 0) is 21.4 Å². The van der Waals surface area contributed by atoms with Crippen LogP contribution < -0.4 is 4.72 Å². The molecule has 0 bridgehead atoms. The first-order valence-electron chi connectivity index (χ1n) is 8.81. The van der Waals surface area contributed by atoms with Gasteiger partial charge in [0.1, 0.15) is 11.7 Å². The van der Waals surface area contributed by atoms with Gasteiger partial charge in [-0.05, 0) is 30.3 Å². The zero-order chi connectivity index (χ0) is 21.0. The van der Waals surface area contributed by atoms with Crippen LogP contribution in [0.3, 0.4) is 0 Å². The molecule has 1 amide bonds. The topological polar surface area (TPSA) is 78.8 Å². The van der Waals surface area contributed by atoms with E-state index in [1.54, 1.807) is 36.4 Å². The van der Waals surface area contributed by atoms with Crippen molar-refractivity contribution in [1.82, 2.24) is 9.62 Å². The minimum absolute atomic E-state index is 0.0524. The first-order chi connectivity index (χ1) is 13.8. The van der Waals surface area contributed by atoms with Crippen LogP contribution in [0.1, 0.15) is 17.5 Å². The molecule has 0 atom stereocenters. The first-order valence-corrected chi connectivity index (χ1v) is 11.1. The Morgan fingerprint density at radius 2 is 2.03 bits per heavy atom. The number of amides is 1. The third-order valence-corrected chi connectivity index (χ3v) is 6.22. The highest BCUT2D eigenvalue weighted by atomic mass is 79.9. The van der Waals surface area contributed by atoms with Crippen molar-refractivity contribution in [3.05, 3.63) is 76.5 Å². The number of sulfonamides is 1. The number of carbonyl (C=O) groups excluding carboxylic acids is 1. The number of halogens is 2. The van der Waals surface area contributed by atoms with E-state index >= 15 is 0 Å². The summed E-state index contributed by atoms with van der Waals surface area (Å²) in [4.78, 5) is 18.5. The molecular weight excluding hydrogens is 461 g/mol. The first kappa shape index (κ1) is 21.2. The van der Waals surface area contributed by atoms with Crippen LogP contribution >= 0.6 is 15.9 Å². The Morgan fingerprint density at radius 3 is 2.79 bits per heavy atom. The quantitative estimate of drug-likeness (QED) is 0.619. The summed E-state index contributed by atoms with van der Waals surface area (Å²) in [5.74, 6) is -0.406. The summed E-state index contributed by atoms with van der Waals surface area (Å²) < 4.78 is 41.4. The summed E-state index contributed by atoms with van der Waals surface area (Å²) in [5, 5.41) is 0. The Bertz CT molecular complexity index is 1090. The molecule has 0 spiro atoms. The molecule has 3 rings (SSSR count). The largest absolute Gasteiger partial charge is 0.334 e. The zero-order valence-corrected chi connectivity index (χ0v) is 17.8. The highest BCUT2D eigenvalue weighted by Crippen LogP contribution is 2.22. The van der Waals surface area contributed by atoms with Crippen molar-refractivity contribution in [1.29, 1.82) is 0 Å². The Hall–Kier alpha value is -2.52. The van der Waals surface area contributed by atoms with E-state index < -0.39 is 15.8 Å². The standard InChI is InChI=1S/C20H19BrFN3O3S/c1-2-11-25(13-14-12-15(21)7-8-17(14)22)19(26)9-10-23-20-16-5-3-4-6-18(16)29(27,28)24-20/h2-8,12H,1,9-11,13H2,(H,23,24). The summed E-state index contributed by atoms with van der Waals surface area (Å²) in [5.41, 5.74) is 0.873. The number of nitrogens with zero attached hydrogens (tertiary/aromatic N) is 2. The second kappa shape index (κ2) is 8.87. The van der Waals surface area contributed by atoms with Gasteiger partial charge in [-0.1, -0.05) is 34.1 Å². The number of rotatable bonds is 7. The monoisotopic (exact) mass is 479 g/mol. The second-order valence-electron chi connectivity index (χ2n) is 6.38. The lowest BCUT2D eigenvalue weighted by Gasteiger charge is -2.21. The van der Waals surface area contributed by atoms with Crippen LogP contribution in [0.25, 0.3) is 0 Å². The lowest BCUT2D eigenvalue weighted by molar-refractivity contribution is -0.131. The molecule has 0 saturated heterocycles. The van der Waals surface area contributed by atoms with Crippen molar-refractivity contribution in [2.45, 2.75) is 17.9 Å². The molecule has 0 aromatic heterocycles. The van der Waals surface area contributed by atoms with E-state index in [-0.39, 0.29) is 42.7 Å². The van der Waals surface area contributed by atoms with Crippen molar-refractivity contribution in [3.63, 3.8) is 0 Å². The molecule has 1 aliphatic rings. The van der Waals surface area contributed by atoms with E-state index in [2.05, 4.69) is 32.2 Å². The van der Waals surface area contributed by atoms with Crippen molar-refractivity contribution < 1.29 is 17.6 Å². The molecule has 29 heavy (non-hydrogen) atoms. The third kappa shape index (κ3) is 4.91. The summed E-state index contributed by atoms with van der Waals surface area (Å²) in [7, 11) is -3.62. The Labute approximate surface area is 177 Å². The number of amidine groups is 1. The van der Waals surface area contributed by atoms with Gasteiger partial charge in [-0.15, -0.1) is 6.58 Å². The second-order valence-corrected chi connectivity index (χ2v) is 8.95. The van der Waals surface area contributed by atoms with E-state index in [9.17, 15) is 17.6 Å². The maximum atomic E-state index is 14.0. The summed E-state index contributed by atoms with van der Waals surface area (Å²) >= 11 is 3.30. The predicted molar refractivity (Wildman–Crippen MR) is 112 cm³/mol. The normalized spacial score (nSPS) is 15.6. The Kier molecular flexibility index (Phi) is 6.49. The molecule has 152 valence electrons. The van der Waals surface area contributed by atoms with E-state index in [1.165, 1.54) is 17.0 Å². The highest BCUT2D eigenvalue weighted by molar-refractivity contribution is 9.10.